The summed E-state index contributed by atoms with van der Waals surface area (Å²) in [4.78, 5) is 64.7. The van der Waals surface area contributed by atoms with E-state index in [2.05, 4.69) is 0 Å². The summed E-state index contributed by atoms with van der Waals surface area (Å²) in [5, 5.41) is 0. The van der Waals surface area contributed by atoms with Crippen molar-refractivity contribution >= 4 is 29.4 Å². The molecule has 2 aromatic carbocycles. The largest absolute Gasteiger partial charge is 0.289 e. The highest BCUT2D eigenvalue weighted by Gasteiger charge is 2.42. The Morgan fingerprint density at radius 2 is 1.10 bits per heavy atom. The molecule has 2 aliphatic heterocycles. The molecule has 0 bridgehead atoms. The zero-order valence-corrected chi connectivity index (χ0v) is 16.4. The Hall–Kier alpha value is -3.61. The average Bonchev–Trinajstić information content (AvgIpc) is 3.06. The number of ketones is 1. The number of amides is 4. The molecule has 29 heavy (non-hydrogen) atoms. The summed E-state index contributed by atoms with van der Waals surface area (Å²) < 4.78 is 0. The van der Waals surface area contributed by atoms with Gasteiger partial charge in [0, 0.05) is 23.7 Å². The molecular weight excluding hydrogens is 372 g/mol. The summed E-state index contributed by atoms with van der Waals surface area (Å²) in [6.45, 7) is 5.29. The summed E-state index contributed by atoms with van der Waals surface area (Å²) >= 11 is 0. The van der Waals surface area contributed by atoms with Crippen LogP contribution in [0.3, 0.4) is 0 Å². The van der Waals surface area contributed by atoms with Gasteiger partial charge in [0.25, 0.3) is 23.6 Å². The van der Waals surface area contributed by atoms with Crippen LogP contribution >= 0.6 is 0 Å². The van der Waals surface area contributed by atoms with Crippen molar-refractivity contribution < 1.29 is 24.0 Å². The van der Waals surface area contributed by atoms with Crippen molar-refractivity contribution in [3.05, 3.63) is 69.8 Å². The minimum atomic E-state index is -0.684. The second-order valence-corrected chi connectivity index (χ2v) is 8.14. The fraction of sp³-hybridized carbons (Fsp3) is 0.227. The van der Waals surface area contributed by atoms with Crippen molar-refractivity contribution in [1.29, 1.82) is 0 Å². The maximum Gasteiger partial charge on any atom is 0.262 e. The van der Waals surface area contributed by atoms with Crippen LogP contribution in [-0.2, 0) is 0 Å². The first-order chi connectivity index (χ1) is 13.5. The highest BCUT2D eigenvalue weighted by molar-refractivity contribution is 6.24. The van der Waals surface area contributed by atoms with Crippen LogP contribution in [0.1, 0.15) is 78.1 Å². The minimum absolute atomic E-state index is 0.176. The summed E-state index contributed by atoms with van der Waals surface area (Å²) in [5.74, 6) is -2.10. The maximum absolute atomic E-state index is 13.0. The standard InChI is InChI=1S/C22H18N2O5/c1-22(2,3)24-20(28)14-8-6-12(10-16(14)21(24)29)17(25)11-5-7-13-15(9-11)19(27)23(4)18(13)26/h5-10H,1-4H3. The molecule has 0 radical (unpaired) electrons. The van der Waals surface area contributed by atoms with Crippen LogP contribution in [0, 0.1) is 0 Å². The smallest absolute Gasteiger partial charge is 0.262 e. The van der Waals surface area contributed by atoms with Gasteiger partial charge in [0.2, 0.25) is 0 Å². The SMILES string of the molecule is CN1C(=O)c2ccc(C(=O)c3ccc4c(c3)C(=O)N(C(C)(C)C)C4=O)cc2C1=O. The lowest BCUT2D eigenvalue weighted by Crippen LogP contribution is -2.45. The van der Waals surface area contributed by atoms with Gasteiger partial charge in [-0.05, 0) is 45.0 Å². The third kappa shape index (κ3) is 2.61. The number of imide groups is 2. The number of hydrogen-bond donors (Lipinski definition) is 0. The number of benzene rings is 2. The van der Waals surface area contributed by atoms with E-state index in [1.807, 2.05) is 0 Å². The van der Waals surface area contributed by atoms with Crippen molar-refractivity contribution in [2.24, 2.45) is 0 Å². The van der Waals surface area contributed by atoms with Gasteiger partial charge in [-0.1, -0.05) is 12.1 Å². The van der Waals surface area contributed by atoms with Gasteiger partial charge in [-0.3, -0.25) is 33.8 Å². The van der Waals surface area contributed by atoms with E-state index in [-0.39, 0.29) is 39.3 Å². The minimum Gasteiger partial charge on any atom is -0.289 e. The lowest BCUT2D eigenvalue weighted by molar-refractivity contribution is 0.0506. The third-order valence-electron chi connectivity index (χ3n) is 5.17. The second-order valence-electron chi connectivity index (χ2n) is 8.14. The first-order valence-corrected chi connectivity index (χ1v) is 9.06. The fourth-order valence-electron chi connectivity index (χ4n) is 3.66. The molecule has 2 heterocycles. The predicted molar refractivity (Wildman–Crippen MR) is 103 cm³/mol. The van der Waals surface area contributed by atoms with Crippen LogP contribution in [0.2, 0.25) is 0 Å². The molecule has 4 rings (SSSR count). The highest BCUT2D eigenvalue weighted by Crippen LogP contribution is 2.31. The molecule has 0 aromatic heterocycles. The van der Waals surface area contributed by atoms with Crippen LogP contribution in [0.15, 0.2) is 36.4 Å². The van der Waals surface area contributed by atoms with Crippen molar-refractivity contribution in [3.8, 4) is 0 Å². The van der Waals surface area contributed by atoms with Crippen molar-refractivity contribution in [2.45, 2.75) is 26.3 Å². The molecule has 0 atom stereocenters. The number of carbonyl (C=O) groups excluding carboxylic acids is 5. The number of carbonyl (C=O) groups is 5. The molecule has 0 saturated carbocycles. The van der Waals surface area contributed by atoms with E-state index >= 15 is 0 Å². The zero-order valence-electron chi connectivity index (χ0n) is 16.4. The molecule has 0 saturated heterocycles. The zero-order chi connectivity index (χ0) is 21.2. The van der Waals surface area contributed by atoms with Gasteiger partial charge < -0.3 is 0 Å². The summed E-state index contributed by atoms with van der Waals surface area (Å²) in [5.41, 5.74) is 0.645. The maximum atomic E-state index is 13.0. The van der Waals surface area contributed by atoms with Gasteiger partial charge in [-0.25, -0.2) is 0 Å². The quantitative estimate of drug-likeness (QED) is 0.580. The predicted octanol–water partition coefficient (Wildman–Crippen LogP) is 2.54. The molecule has 0 aliphatic carbocycles. The van der Waals surface area contributed by atoms with E-state index in [0.717, 1.165) is 4.90 Å². The molecule has 7 heteroatoms. The van der Waals surface area contributed by atoms with Crippen molar-refractivity contribution in [3.63, 3.8) is 0 Å². The monoisotopic (exact) mass is 390 g/mol. The molecule has 7 nitrogen and oxygen atoms in total. The Kier molecular flexibility index (Phi) is 3.84. The Labute approximate surface area is 166 Å². The molecule has 0 fully saturated rings. The lowest BCUT2D eigenvalue weighted by Gasteiger charge is -2.29. The lowest BCUT2D eigenvalue weighted by atomic mass is 9.96. The first kappa shape index (κ1) is 18.7. The number of fused-ring (bicyclic) bond motifs is 2. The molecule has 2 aliphatic rings. The molecule has 146 valence electrons. The van der Waals surface area contributed by atoms with Crippen molar-refractivity contribution in [2.75, 3.05) is 7.05 Å². The normalized spacial score (nSPS) is 15.9. The Morgan fingerprint density at radius 3 is 1.62 bits per heavy atom. The Bertz CT molecular complexity index is 1160. The van der Waals surface area contributed by atoms with Crippen LogP contribution in [0.4, 0.5) is 0 Å². The van der Waals surface area contributed by atoms with Gasteiger partial charge in [-0.15, -0.1) is 0 Å². The van der Waals surface area contributed by atoms with E-state index in [1.165, 1.54) is 48.3 Å². The molecule has 0 N–H and O–H groups in total. The molecule has 0 unspecified atom stereocenters. The van der Waals surface area contributed by atoms with E-state index < -0.39 is 29.0 Å². The van der Waals surface area contributed by atoms with Crippen LogP contribution in [0.5, 0.6) is 0 Å². The summed E-state index contributed by atoms with van der Waals surface area (Å²) in [6.07, 6.45) is 0. The van der Waals surface area contributed by atoms with Crippen molar-refractivity contribution in [1.82, 2.24) is 9.80 Å². The number of rotatable bonds is 2. The number of hydrogen-bond acceptors (Lipinski definition) is 5. The topological polar surface area (TPSA) is 91.8 Å². The van der Waals surface area contributed by atoms with E-state index in [9.17, 15) is 24.0 Å². The molecule has 0 spiro atoms. The molecule has 4 amide bonds. The van der Waals surface area contributed by atoms with Gasteiger partial charge in [0.1, 0.15) is 0 Å². The second kappa shape index (κ2) is 5.94. The third-order valence-corrected chi connectivity index (χ3v) is 5.17. The van der Waals surface area contributed by atoms with Crippen LogP contribution in [0.25, 0.3) is 0 Å². The summed E-state index contributed by atoms with van der Waals surface area (Å²) in [7, 11) is 1.39. The molecule has 2 aromatic rings. The average molecular weight is 390 g/mol. The van der Waals surface area contributed by atoms with Crippen LogP contribution < -0.4 is 0 Å². The first-order valence-electron chi connectivity index (χ1n) is 9.06. The van der Waals surface area contributed by atoms with Gasteiger partial charge in [0.05, 0.1) is 22.3 Å². The highest BCUT2D eigenvalue weighted by atomic mass is 16.2. The Balaban J connectivity index is 1.73. The fourth-order valence-corrected chi connectivity index (χ4v) is 3.66. The van der Waals surface area contributed by atoms with Gasteiger partial charge in [-0.2, -0.15) is 0 Å². The van der Waals surface area contributed by atoms with E-state index in [0.29, 0.717) is 0 Å². The summed E-state index contributed by atoms with van der Waals surface area (Å²) in [6, 6.07) is 8.71. The van der Waals surface area contributed by atoms with Crippen LogP contribution in [-0.4, -0.2) is 51.8 Å². The van der Waals surface area contributed by atoms with Gasteiger partial charge >= 0.3 is 0 Å². The molecular formula is C22H18N2O5. The van der Waals surface area contributed by atoms with Gasteiger partial charge in [0.15, 0.2) is 5.78 Å². The van der Waals surface area contributed by atoms with E-state index in [1.54, 1.807) is 20.8 Å². The van der Waals surface area contributed by atoms with E-state index in [4.69, 9.17) is 0 Å². The Morgan fingerprint density at radius 1 is 0.690 bits per heavy atom. The number of nitrogens with zero attached hydrogens (tertiary/aromatic N) is 2.